The number of aliphatic carboxylic acids is 2. The smallest absolute Gasteiger partial charge is 0.323 e. The molecule has 40 heavy (non-hydrogen) atoms. The summed E-state index contributed by atoms with van der Waals surface area (Å²) in [6, 6.07) is 10.2. The molecule has 214 valence electrons. The number of carboxylic acids is 2. The van der Waals surface area contributed by atoms with Crippen LogP contribution in [-0.4, -0.2) is 89.3 Å². The summed E-state index contributed by atoms with van der Waals surface area (Å²) in [6.45, 7) is 0.922. The molecule has 2 aromatic carbocycles. The molecule has 0 aromatic heterocycles. The Labute approximate surface area is 231 Å². The van der Waals surface area contributed by atoms with Crippen molar-refractivity contribution in [2.45, 2.75) is 32.2 Å². The maximum atomic E-state index is 13.4. The maximum Gasteiger partial charge on any atom is 0.323 e. The van der Waals surface area contributed by atoms with Crippen LogP contribution in [0, 0.1) is 6.92 Å². The number of benzene rings is 2. The molecular formula is C27H33N5O8. The fourth-order valence-corrected chi connectivity index (χ4v) is 4.34. The van der Waals surface area contributed by atoms with E-state index in [1.165, 1.54) is 13.2 Å². The molecule has 1 heterocycles. The third kappa shape index (κ3) is 8.35. The number of urea groups is 2. The van der Waals surface area contributed by atoms with Crippen LogP contribution in [0.25, 0.3) is 0 Å². The second-order valence-corrected chi connectivity index (χ2v) is 9.35. The molecule has 13 heteroatoms. The van der Waals surface area contributed by atoms with Crippen molar-refractivity contribution < 1.29 is 38.9 Å². The number of hydrogen-bond donors (Lipinski definition) is 5. The Bertz CT molecular complexity index is 1250. The first kappa shape index (κ1) is 29.7. The van der Waals surface area contributed by atoms with Gasteiger partial charge >= 0.3 is 24.0 Å². The highest BCUT2D eigenvalue weighted by Gasteiger charge is 2.27. The average Bonchev–Trinajstić information content (AvgIpc) is 3.14. The predicted octanol–water partition coefficient (Wildman–Crippen LogP) is 2.82. The lowest BCUT2D eigenvalue weighted by Crippen LogP contribution is -2.51. The van der Waals surface area contributed by atoms with Crippen molar-refractivity contribution in [3.05, 3.63) is 53.6 Å². The van der Waals surface area contributed by atoms with Gasteiger partial charge in [-0.15, -0.1) is 0 Å². The zero-order chi connectivity index (χ0) is 29.2. The van der Waals surface area contributed by atoms with E-state index < -0.39 is 43.1 Å². The minimum absolute atomic E-state index is 0.152. The number of carbonyl (C=O) groups is 5. The summed E-state index contributed by atoms with van der Waals surface area (Å²) in [4.78, 5) is 62.9. The summed E-state index contributed by atoms with van der Waals surface area (Å²) < 4.78 is 5.41. The summed E-state index contributed by atoms with van der Waals surface area (Å²) in [5, 5.41) is 26.2. The number of nitrogens with one attached hydrogen (secondary N) is 3. The summed E-state index contributed by atoms with van der Waals surface area (Å²) in [7, 11) is 1.42. The second-order valence-electron chi connectivity index (χ2n) is 9.35. The van der Waals surface area contributed by atoms with E-state index in [0.29, 0.717) is 47.6 Å². The topological polar surface area (TPSA) is 178 Å². The van der Waals surface area contributed by atoms with Gasteiger partial charge in [-0.25, -0.2) is 9.59 Å². The Balaban J connectivity index is 1.68. The van der Waals surface area contributed by atoms with Gasteiger partial charge in [-0.05, 0) is 56.0 Å². The summed E-state index contributed by atoms with van der Waals surface area (Å²) in [6.07, 6.45) is 1.92. The molecule has 1 aliphatic heterocycles. The van der Waals surface area contributed by atoms with Crippen LogP contribution in [-0.2, 0) is 9.59 Å². The van der Waals surface area contributed by atoms with Gasteiger partial charge in [0.1, 0.15) is 18.8 Å². The molecule has 13 nitrogen and oxygen atoms in total. The minimum Gasteiger partial charge on any atom is -0.495 e. The Kier molecular flexibility index (Phi) is 10.3. The standard InChI is InChI=1S/C27H33N5O8/c1-17-7-3-4-9-20(17)29-26(38)30-21-11-10-18(13-22(21)40-2)25(37)31-12-6-5-8-19(14-31)28-27(39)32(15-23(33)34)16-24(35)36/h3-4,7,9-11,13,19H,5-6,8,12,14-16H2,1-2H3,(H,28,39)(H,33,34)(H,35,36)(H2,29,30,38). The first-order valence-electron chi connectivity index (χ1n) is 12.7. The molecule has 0 radical (unpaired) electrons. The van der Waals surface area contributed by atoms with Crippen molar-refractivity contribution in [2.75, 3.05) is 43.9 Å². The van der Waals surface area contributed by atoms with Crippen molar-refractivity contribution in [3.63, 3.8) is 0 Å². The monoisotopic (exact) mass is 555 g/mol. The van der Waals surface area contributed by atoms with Crippen LogP contribution >= 0.6 is 0 Å². The molecule has 0 bridgehead atoms. The Morgan fingerprint density at radius 1 is 0.975 bits per heavy atom. The molecule has 1 fully saturated rings. The molecule has 2 aromatic rings. The van der Waals surface area contributed by atoms with Crippen molar-refractivity contribution in [1.82, 2.24) is 15.1 Å². The van der Waals surface area contributed by atoms with Gasteiger partial charge in [0.2, 0.25) is 0 Å². The van der Waals surface area contributed by atoms with E-state index in [9.17, 15) is 24.0 Å². The number of rotatable bonds is 9. The van der Waals surface area contributed by atoms with Crippen LogP contribution in [0.2, 0.25) is 0 Å². The summed E-state index contributed by atoms with van der Waals surface area (Å²) >= 11 is 0. The fourth-order valence-electron chi connectivity index (χ4n) is 4.34. The van der Waals surface area contributed by atoms with Crippen molar-refractivity contribution in [1.29, 1.82) is 0 Å². The number of methoxy groups -OCH3 is 1. The fraction of sp³-hybridized carbons (Fsp3) is 0.370. The highest BCUT2D eigenvalue weighted by Crippen LogP contribution is 2.27. The lowest BCUT2D eigenvalue weighted by atomic mass is 10.1. The first-order chi connectivity index (χ1) is 19.1. The van der Waals surface area contributed by atoms with Crippen molar-refractivity contribution in [3.8, 4) is 5.75 Å². The number of likely N-dealkylation sites (tertiary alicyclic amines) is 1. The number of nitrogens with zero attached hydrogens (tertiary/aromatic N) is 2. The molecule has 0 saturated carbocycles. The molecule has 1 unspecified atom stereocenters. The molecule has 5 amide bonds. The quantitative estimate of drug-likeness (QED) is 0.313. The SMILES string of the molecule is COc1cc(C(=O)N2CCCCC(NC(=O)N(CC(=O)O)CC(=O)O)C2)ccc1NC(=O)Nc1ccccc1C. The molecular weight excluding hydrogens is 522 g/mol. The first-order valence-corrected chi connectivity index (χ1v) is 12.7. The number of aryl methyl sites for hydroxylation is 1. The van der Waals surface area contributed by atoms with Crippen LogP contribution in [0.15, 0.2) is 42.5 Å². The van der Waals surface area contributed by atoms with E-state index in [-0.39, 0.29) is 18.2 Å². The molecule has 1 aliphatic rings. The van der Waals surface area contributed by atoms with Crippen LogP contribution in [0.1, 0.15) is 35.2 Å². The number of ether oxygens (including phenoxy) is 1. The number of para-hydroxylation sites is 1. The third-order valence-corrected chi connectivity index (χ3v) is 6.32. The normalized spacial score (nSPS) is 14.8. The number of carboxylic acid groups (broad SMARTS) is 2. The Morgan fingerprint density at radius 3 is 2.30 bits per heavy atom. The van der Waals surface area contributed by atoms with E-state index in [0.717, 1.165) is 5.56 Å². The number of amides is 5. The predicted molar refractivity (Wildman–Crippen MR) is 146 cm³/mol. The number of hydrogen-bond acceptors (Lipinski definition) is 6. The van der Waals surface area contributed by atoms with Crippen LogP contribution in [0.5, 0.6) is 5.75 Å². The van der Waals surface area contributed by atoms with Crippen molar-refractivity contribution >= 4 is 41.3 Å². The molecule has 3 rings (SSSR count). The van der Waals surface area contributed by atoms with Gasteiger partial charge < -0.3 is 40.7 Å². The van der Waals surface area contributed by atoms with Gasteiger partial charge in [-0.2, -0.15) is 0 Å². The van der Waals surface area contributed by atoms with Gasteiger partial charge in [0.05, 0.1) is 12.8 Å². The van der Waals surface area contributed by atoms with Crippen LogP contribution in [0.4, 0.5) is 21.0 Å². The molecule has 1 saturated heterocycles. The average molecular weight is 556 g/mol. The highest BCUT2D eigenvalue weighted by atomic mass is 16.5. The van der Waals surface area contributed by atoms with E-state index in [1.807, 2.05) is 25.1 Å². The maximum absolute atomic E-state index is 13.4. The summed E-state index contributed by atoms with van der Waals surface area (Å²) in [5.74, 6) is -2.71. The largest absolute Gasteiger partial charge is 0.495 e. The van der Waals surface area contributed by atoms with E-state index in [4.69, 9.17) is 14.9 Å². The van der Waals surface area contributed by atoms with E-state index in [1.54, 1.807) is 23.1 Å². The minimum atomic E-state index is -1.34. The molecule has 5 N–H and O–H groups in total. The second kappa shape index (κ2) is 13.8. The third-order valence-electron chi connectivity index (χ3n) is 6.32. The summed E-state index contributed by atoms with van der Waals surface area (Å²) in [5.41, 5.74) is 2.23. The lowest BCUT2D eigenvalue weighted by Gasteiger charge is -2.27. The van der Waals surface area contributed by atoms with E-state index in [2.05, 4.69) is 16.0 Å². The van der Waals surface area contributed by atoms with E-state index >= 15 is 0 Å². The number of carbonyl (C=O) groups excluding carboxylic acids is 3. The Hall–Kier alpha value is -4.81. The lowest BCUT2D eigenvalue weighted by molar-refractivity contribution is -0.140. The van der Waals surface area contributed by atoms with Gasteiger partial charge in [-0.1, -0.05) is 18.2 Å². The van der Waals surface area contributed by atoms with Crippen LogP contribution in [0.3, 0.4) is 0 Å². The van der Waals surface area contributed by atoms with Gasteiger partial charge in [0, 0.05) is 30.4 Å². The highest BCUT2D eigenvalue weighted by molar-refractivity contribution is 6.02. The molecule has 1 atom stereocenters. The zero-order valence-corrected chi connectivity index (χ0v) is 22.3. The van der Waals surface area contributed by atoms with Gasteiger partial charge in [-0.3, -0.25) is 14.4 Å². The zero-order valence-electron chi connectivity index (χ0n) is 22.3. The van der Waals surface area contributed by atoms with Crippen molar-refractivity contribution in [2.24, 2.45) is 0 Å². The van der Waals surface area contributed by atoms with Crippen LogP contribution < -0.4 is 20.7 Å². The Morgan fingerprint density at radius 2 is 1.65 bits per heavy atom. The number of anilines is 2. The molecule has 0 spiro atoms. The molecule has 0 aliphatic carbocycles. The van der Waals surface area contributed by atoms with Gasteiger partial charge in [0.15, 0.2) is 0 Å². The van der Waals surface area contributed by atoms with Gasteiger partial charge in [0.25, 0.3) is 5.91 Å².